The maximum Gasteiger partial charge on any atom is 0.254 e. The molecule has 3 heterocycles. The standard InChI is InChI=1S/C31H31N3O5S/c1-36-25-5-3-4-23(16-25)31(35)34(18-21-6-9-28-29(14-21)39-20-38-28)19-24-15-22-7-8-26(40-2)17-27(22)32-30(24)33-10-12-37-13-11-33/h3-9,14-17H,10-13,18-20H2,1-2H3. The molecule has 206 valence electrons. The predicted molar refractivity (Wildman–Crippen MR) is 156 cm³/mol. The number of fused-ring (bicyclic) bond motifs is 2. The fourth-order valence-electron chi connectivity index (χ4n) is 5.08. The van der Waals surface area contributed by atoms with Gasteiger partial charge in [0, 0.05) is 47.6 Å². The number of pyridine rings is 1. The summed E-state index contributed by atoms with van der Waals surface area (Å²) in [6, 6.07) is 21.6. The smallest absolute Gasteiger partial charge is 0.254 e. The molecule has 0 saturated carbocycles. The predicted octanol–water partition coefficient (Wildman–Crippen LogP) is 5.37. The Balaban J connectivity index is 1.41. The second-order valence-corrected chi connectivity index (χ2v) is 10.6. The van der Waals surface area contributed by atoms with Gasteiger partial charge in [0.1, 0.15) is 11.6 Å². The monoisotopic (exact) mass is 557 g/mol. The Kier molecular flexibility index (Phi) is 7.66. The number of anilines is 1. The van der Waals surface area contributed by atoms with E-state index in [1.165, 1.54) is 4.90 Å². The van der Waals surface area contributed by atoms with Gasteiger partial charge in [-0.25, -0.2) is 4.98 Å². The minimum absolute atomic E-state index is 0.0951. The summed E-state index contributed by atoms with van der Waals surface area (Å²) in [7, 11) is 1.60. The molecule has 3 aromatic carbocycles. The lowest BCUT2D eigenvalue weighted by Crippen LogP contribution is -2.38. The van der Waals surface area contributed by atoms with Crippen LogP contribution in [0.25, 0.3) is 10.9 Å². The van der Waals surface area contributed by atoms with E-state index in [9.17, 15) is 4.79 Å². The number of aromatic nitrogens is 1. The molecule has 8 nitrogen and oxygen atoms in total. The highest BCUT2D eigenvalue weighted by Crippen LogP contribution is 2.34. The van der Waals surface area contributed by atoms with Crippen molar-refractivity contribution < 1.29 is 23.7 Å². The van der Waals surface area contributed by atoms with Crippen LogP contribution in [-0.2, 0) is 17.8 Å². The highest BCUT2D eigenvalue weighted by molar-refractivity contribution is 7.98. The van der Waals surface area contributed by atoms with Gasteiger partial charge in [-0.2, -0.15) is 0 Å². The van der Waals surface area contributed by atoms with Gasteiger partial charge in [-0.15, -0.1) is 11.8 Å². The highest BCUT2D eigenvalue weighted by atomic mass is 32.2. The Morgan fingerprint density at radius 2 is 1.85 bits per heavy atom. The van der Waals surface area contributed by atoms with Crippen molar-refractivity contribution in [3.05, 3.63) is 83.4 Å². The SMILES string of the molecule is COc1cccc(C(=O)N(Cc2ccc3c(c2)OCO3)Cc2cc3ccc(SC)cc3nc2N2CCOCC2)c1. The number of carbonyl (C=O) groups excluding carboxylic acids is 1. The van der Waals surface area contributed by atoms with Crippen LogP contribution >= 0.6 is 11.8 Å². The van der Waals surface area contributed by atoms with Crippen molar-refractivity contribution in [3.8, 4) is 17.2 Å². The first-order valence-electron chi connectivity index (χ1n) is 13.2. The molecule has 4 aromatic rings. The van der Waals surface area contributed by atoms with Crippen molar-refractivity contribution in [2.24, 2.45) is 0 Å². The van der Waals surface area contributed by atoms with Crippen LogP contribution in [0.3, 0.4) is 0 Å². The third-order valence-corrected chi connectivity index (χ3v) is 7.89. The van der Waals surface area contributed by atoms with Crippen molar-refractivity contribution in [2.75, 3.05) is 51.4 Å². The van der Waals surface area contributed by atoms with Gasteiger partial charge in [-0.05, 0) is 60.4 Å². The van der Waals surface area contributed by atoms with E-state index >= 15 is 0 Å². The second kappa shape index (κ2) is 11.7. The Morgan fingerprint density at radius 3 is 2.67 bits per heavy atom. The van der Waals surface area contributed by atoms with E-state index in [1.807, 2.05) is 41.3 Å². The minimum atomic E-state index is -0.0951. The molecule has 1 aromatic heterocycles. The number of rotatable bonds is 8. The third kappa shape index (κ3) is 5.52. The molecule has 1 saturated heterocycles. The van der Waals surface area contributed by atoms with Crippen molar-refractivity contribution in [3.63, 3.8) is 0 Å². The summed E-state index contributed by atoms with van der Waals surface area (Å²) >= 11 is 1.70. The number of hydrogen-bond acceptors (Lipinski definition) is 8. The fraction of sp³-hybridized carbons (Fsp3) is 0.290. The van der Waals surface area contributed by atoms with Crippen molar-refractivity contribution in [1.82, 2.24) is 9.88 Å². The summed E-state index contributed by atoms with van der Waals surface area (Å²) in [6.45, 7) is 3.76. The maximum atomic E-state index is 14.0. The van der Waals surface area contributed by atoms with Crippen LogP contribution in [0.2, 0.25) is 0 Å². The molecule has 2 aliphatic heterocycles. The molecule has 1 fully saturated rings. The van der Waals surface area contributed by atoms with E-state index in [0.29, 0.717) is 49.1 Å². The summed E-state index contributed by atoms with van der Waals surface area (Å²) in [5.41, 5.74) is 3.44. The van der Waals surface area contributed by atoms with Crippen LogP contribution in [0.1, 0.15) is 21.5 Å². The van der Waals surface area contributed by atoms with Gasteiger partial charge >= 0.3 is 0 Å². The lowest BCUT2D eigenvalue weighted by Gasteiger charge is -2.31. The Hall–Kier alpha value is -3.95. The maximum absolute atomic E-state index is 14.0. The van der Waals surface area contributed by atoms with Crippen LogP contribution in [0, 0.1) is 0 Å². The zero-order chi connectivity index (χ0) is 27.5. The molecule has 0 atom stereocenters. The molecular weight excluding hydrogens is 526 g/mol. The van der Waals surface area contributed by atoms with Gasteiger partial charge in [0.15, 0.2) is 11.5 Å². The van der Waals surface area contributed by atoms with Crippen molar-refractivity contribution in [2.45, 2.75) is 18.0 Å². The van der Waals surface area contributed by atoms with Crippen molar-refractivity contribution in [1.29, 1.82) is 0 Å². The van der Waals surface area contributed by atoms with Gasteiger partial charge in [0.25, 0.3) is 5.91 Å². The zero-order valence-electron chi connectivity index (χ0n) is 22.6. The van der Waals surface area contributed by atoms with Crippen LogP contribution < -0.4 is 19.1 Å². The number of thioether (sulfide) groups is 1. The van der Waals surface area contributed by atoms with Gasteiger partial charge in [-0.1, -0.05) is 18.2 Å². The Morgan fingerprint density at radius 1 is 1.00 bits per heavy atom. The molecule has 0 spiro atoms. The molecule has 1 amide bonds. The highest BCUT2D eigenvalue weighted by Gasteiger charge is 2.24. The molecule has 0 N–H and O–H groups in total. The molecule has 9 heteroatoms. The fourth-order valence-corrected chi connectivity index (χ4v) is 5.51. The van der Waals surface area contributed by atoms with Crippen LogP contribution in [0.5, 0.6) is 17.2 Å². The first-order valence-corrected chi connectivity index (χ1v) is 14.5. The molecule has 6 rings (SSSR count). The van der Waals surface area contributed by atoms with Crippen LogP contribution in [0.15, 0.2) is 71.6 Å². The topological polar surface area (TPSA) is 73.4 Å². The van der Waals surface area contributed by atoms with Crippen molar-refractivity contribution >= 4 is 34.4 Å². The quantitative estimate of drug-likeness (QED) is 0.268. The summed E-state index contributed by atoms with van der Waals surface area (Å²) in [5.74, 6) is 2.84. The van der Waals surface area contributed by atoms with Gasteiger partial charge in [0.05, 0.1) is 25.8 Å². The molecule has 0 bridgehead atoms. The number of nitrogens with zero attached hydrogens (tertiary/aromatic N) is 3. The Bertz CT molecular complexity index is 1540. The zero-order valence-corrected chi connectivity index (χ0v) is 23.4. The number of amides is 1. The van der Waals surface area contributed by atoms with E-state index in [2.05, 4.69) is 35.4 Å². The summed E-state index contributed by atoms with van der Waals surface area (Å²) in [5, 5.41) is 1.04. The third-order valence-electron chi connectivity index (χ3n) is 7.17. The van der Waals surface area contributed by atoms with E-state index in [0.717, 1.165) is 40.9 Å². The number of carbonyl (C=O) groups is 1. The lowest BCUT2D eigenvalue weighted by molar-refractivity contribution is 0.0729. The van der Waals surface area contributed by atoms with Gasteiger partial charge < -0.3 is 28.7 Å². The first-order chi connectivity index (χ1) is 19.6. The average molecular weight is 558 g/mol. The average Bonchev–Trinajstić information content (AvgIpc) is 3.48. The Labute approximate surface area is 237 Å². The lowest BCUT2D eigenvalue weighted by atomic mass is 10.1. The molecular formula is C31H31N3O5S. The number of hydrogen-bond donors (Lipinski definition) is 0. The first kappa shape index (κ1) is 26.3. The molecule has 40 heavy (non-hydrogen) atoms. The molecule has 0 unspecified atom stereocenters. The van der Waals surface area contributed by atoms with Gasteiger partial charge in [-0.3, -0.25) is 4.79 Å². The molecule has 0 aliphatic carbocycles. The van der Waals surface area contributed by atoms with Gasteiger partial charge in [0.2, 0.25) is 6.79 Å². The molecule has 2 aliphatic rings. The van der Waals surface area contributed by atoms with Crippen LogP contribution in [0.4, 0.5) is 5.82 Å². The van der Waals surface area contributed by atoms with Crippen LogP contribution in [-0.4, -0.2) is 62.3 Å². The molecule has 0 radical (unpaired) electrons. The summed E-state index contributed by atoms with van der Waals surface area (Å²) in [6.07, 6.45) is 2.07. The summed E-state index contributed by atoms with van der Waals surface area (Å²) in [4.78, 5) is 24.5. The minimum Gasteiger partial charge on any atom is -0.497 e. The largest absolute Gasteiger partial charge is 0.497 e. The van der Waals surface area contributed by atoms with E-state index < -0.39 is 0 Å². The number of methoxy groups -OCH3 is 1. The number of morpholine rings is 1. The number of ether oxygens (including phenoxy) is 4. The summed E-state index contributed by atoms with van der Waals surface area (Å²) < 4.78 is 22.1. The normalized spacial score (nSPS) is 14.4. The second-order valence-electron chi connectivity index (χ2n) is 9.71. The van der Waals surface area contributed by atoms with E-state index in [1.54, 1.807) is 24.9 Å². The van der Waals surface area contributed by atoms with E-state index in [4.69, 9.17) is 23.9 Å². The number of benzene rings is 3. The van der Waals surface area contributed by atoms with E-state index in [-0.39, 0.29) is 12.7 Å².